The first-order valence-corrected chi connectivity index (χ1v) is 8.05. The van der Waals surface area contributed by atoms with Crippen LogP contribution in [-0.4, -0.2) is 22.7 Å². The molecule has 1 aliphatic carbocycles. The molecule has 1 amide bonds. The van der Waals surface area contributed by atoms with Gasteiger partial charge in [0.1, 0.15) is 11.3 Å². The van der Waals surface area contributed by atoms with Gasteiger partial charge < -0.3 is 4.74 Å². The maximum atomic E-state index is 12.7. The highest BCUT2D eigenvalue weighted by atomic mass is 16.6. The van der Waals surface area contributed by atoms with Crippen molar-refractivity contribution >= 4 is 17.5 Å². The molecular formula is C17H24N2O4. The molecule has 1 saturated carbocycles. The number of carbonyl (C=O) groups excluding carboxylic acids is 1. The summed E-state index contributed by atoms with van der Waals surface area (Å²) in [6.45, 7) is 5.38. The summed E-state index contributed by atoms with van der Waals surface area (Å²) in [6, 6.07) is 6.31. The van der Waals surface area contributed by atoms with E-state index in [0.29, 0.717) is 5.69 Å². The molecule has 0 aromatic heterocycles. The molecule has 1 fully saturated rings. The molecule has 0 heterocycles. The van der Waals surface area contributed by atoms with Gasteiger partial charge in [-0.3, -0.25) is 15.0 Å². The quantitative estimate of drug-likeness (QED) is 0.599. The van der Waals surface area contributed by atoms with Gasteiger partial charge in [0.25, 0.3) is 5.69 Å². The monoisotopic (exact) mass is 320 g/mol. The number of rotatable bonds is 3. The fraction of sp³-hybridized carbons (Fsp3) is 0.588. The largest absolute Gasteiger partial charge is 0.443 e. The summed E-state index contributed by atoms with van der Waals surface area (Å²) in [4.78, 5) is 25.1. The van der Waals surface area contributed by atoms with Crippen molar-refractivity contribution in [2.45, 2.75) is 64.5 Å². The second-order valence-corrected chi connectivity index (χ2v) is 6.89. The Labute approximate surface area is 136 Å². The van der Waals surface area contributed by atoms with E-state index < -0.39 is 16.6 Å². The van der Waals surface area contributed by atoms with Crippen molar-refractivity contribution in [1.29, 1.82) is 0 Å². The lowest BCUT2D eigenvalue weighted by Crippen LogP contribution is -2.44. The number of para-hydroxylation sites is 2. The van der Waals surface area contributed by atoms with Crippen LogP contribution in [0.4, 0.5) is 16.2 Å². The van der Waals surface area contributed by atoms with Crippen LogP contribution in [0.5, 0.6) is 0 Å². The molecule has 0 spiro atoms. The standard InChI is InChI=1S/C17H24N2O4/c1-17(2,3)23-16(20)18(13-9-5-4-6-10-13)14-11-7-8-12-15(14)19(21)22/h7-8,11-13H,4-6,9-10H2,1-3H3. The molecule has 0 N–H and O–H groups in total. The summed E-state index contributed by atoms with van der Waals surface area (Å²) in [7, 11) is 0. The first kappa shape index (κ1) is 17.2. The maximum absolute atomic E-state index is 12.7. The minimum Gasteiger partial charge on any atom is -0.443 e. The van der Waals surface area contributed by atoms with Gasteiger partial charge in [0.2, 0.25) is 0 Å². The van der Waals surface area contributed by atoms with E-state index in [1.807, 2.05) is 0 Å². The van der Waals surface area contributed by atoms with E-state index in [1.54, 1.807) is 39.0 Å². The average molecular weight is 320 g/mol. The number of ether oxygens (including phenoxy) is 1. The number of benzene rings is 1. The predicted molar refractivity (Wildman–Crippen MR) is 88.7 cm³/mol. The number of hydrogen-bond donors (Lipinski definition) is 0. The van der Waals surface area contributed by atoms with Crippen LogP contribution in [0.2, 0.25) is 0 Å². The Hall–Kier alpha value is -2.11. The minimum atomic E-state index is -0.645. The van der Waals surface area contributed by atoms with Gasteiger partial charge in [0.05, 0.1) is 4.92 Å². The predicted octanol–water partition coefficient (Wildman–Crippen LogP) is 4.67. The van der Waals surface area contributed by atoms with E-state index in [1.165, 1.54) is 11.0 Å². The fourth-order valence-corrected chi connectivity index (χ4v) is 2.92. The van der Waals surface area contributed by atoms with Crippen LogP contribution in [0.25, 0.3) is 0 Å². The fourth-order valence-electron chi connectivity index (χ4n) is 2.92. The Morgan fingerprint density at radius 2 is 1.83 bits per heavy atom. The average Bonchev–Trinajstić information content (AvgIpc) is 2.47. The van der Waals surface area contributed by atoms with Crippen LogP contribution in [0, 0.1) is 10.1 Å². The molecule has 1 aromatic rings. The second-order valence-electron chi connectivity index (χ2n) is 6.89. The Balaban J connectivity index is 2.41. The summed E-state index contributed by atoms with van der Waals surface area (Å²) in [6.07, 6.45) is 4.33. The van der Waals surface area contributed by atoms with Gasteiger partial charge in [-0.2, -0.15) is 0 Å². The maximum Gasteiger partial charge on any atom is 0.415 e. The third-order valence-electron chi connectivity index (χ3n) is 3.87. The first-order valence-electron chi connectivity index (χ1n) is 8.05. The van der Waals surface area contributed by atoms with Gasteiger partial charge in [0.15, 0.2) is 0 Å². The molecule has 126 valence electrons. The minimum absolute atomic E-state index is 0.0558. The molecule has 0 radical (unpaired) electrons. The normalized spacial score (nSPS) is 16.0. The molecule has 6 heteroatoms. The van der Waals surface area contributed by atoms with Crippen molar-refractivity contribution in [3.63, 3.8) is 0 Å². The van der Waals surface area contributed by atoms with Crippen molar-refractivity contribution in [2.24, 2.45) is 0 Å². The molecule has 1 aromatic carbocycles. The van der Waals surface area contributed by atoms with Gasteiger partial charge in [-0.1, -0.05) is 31.4 Å². The third-order valence-corrected chi connectivity index (χ3v) is 3.87. The van der Waals surface area contributed by atoms with Crippen LogP contribution in [0.15, 0.2) is 24.3 Å². The summed E-state index contributed by atoms with van der Waals surface area (Å²) in [5.41, 5.74) is -0.393. The van der Waals surface area contributed by atoms with E-state index >= 15 is 0 Å². The number of nitrogens with zero attached hydrogens (tertiary/aromatic N) is 2. The highest BCUT2D eigenvalue weighted by Gasteiger charge is 2.34. The molecule has 0 aliphatic heterocycles. The number of hydrogen-bond acceptors (Lipinski definition) is 4. The van der Waals surface area contributed by atoms with Crippen molar-refractivity contribution in [3.05, 3.63) is 34.4 Å². The van der Waals surface area contributed by atoms with E-state index in [4.69, 9.17) is 4.74 Å². The van der Waals surface area contributed by atoms with E-state index in [2.05, 4.69) is 0 Å². The van der Waals surface area contributed by atoms with Gasteiger partial charge in [-0.15, -0.1) is 0 Å². The van der Waals surface area contributed by atoms with Crippen LogP contribution in [-0.2, 0) is 4.74 Å². The Morgan fingerprint density at radius 3 is 2.39 bits per heavy atom. The SMILES string of the molecule is CC(C)(C)OC(=O)N(c1ccccc1[N+](=O)[O-])C1CCCCC1. The summed E-state index contributed by atoms with van der Waals surface area (Å²) < 4.78 is 5.51. The lowest BCUT2D eigenvalue weighted by atomic mass is 9.94. The number of nitro groups is 1. The lowest BCUT2D eigenvalue weighted by Gasteiger charge is -2.35. The van der Waals surface area contributed by atoms with Crippen molar-refractivity contribution in [1.82, 2.24) is 0 Å². The van der Waals surface area contributed by atoms with Crippen molar-refractivity contribution in [2.75, 3.05) is 4.90 Å². The molecular weight excluding hydrogens is 296 g/mol. The molecule has 0 bridgehead atoms. The van der Waals surface area contributed by atoms with Gasteiger partial charge >= 0.3 is 6.09 Å². The van der Waals surface area contributed by atoms with Gasteiger partial charge in [-0.05, 0) is 39.7 Å². The zero-order valence-corrected chi connectivity index (χ0v) is 13.9. The first-order chi connectivity index (χ1) is 10.8. The molecule has 0 unspecified atom stereocenters. The van der Waals surface area contributed by atoms with Crippen LogP contribution < -0.4 is 4.90 Å². The van der Waals surface area contributed by atoms with Gasteiger partial charge in [0, 0.05) is 12.1 Å². The highest BCUT2D eigenvalue weighted by Crippen LogP contribution is 2.34. The van der Waals surface area contributed by atoms with Crippen molar-refractivity contribution < 1.29 is 14.5 Å². The van der Waals surface area contributed by atoms with Crippen LogP contribution >= 0.6 is 0 Å². The third kappa shape index (κ3) is 4.43. The molecule has 0 saturated heterocycles. The van der Waals surface area contributed by atoms with E-state index in [0.717, 1.165) is 32.1 Å². The van der Waals surface area contributed by atoms with E-state index in [-0.39, 0.29) is 11.7 Å². The summed E-state index contributed by atoms with van der Waals surface area (Å²) in [5.74, 6) is 0. The summed E-state index contributed by atoms with van der Waals surface area (Å²) in [5, 5.41) is 11.3. The molecule has 0 atom stereocenters. The van der Waals surface area contributed by atoms with Crippen LogP contribution in [0.3, 0.4) is 0 Å². The smallest absolute Gasteiger partial charge is 0.415 e. The zero-order valence-electron chi connectivity index (χ0n) is 13.9. The Kier molecular flexibility index (Phi) is 5.23. The topological polar surface area (TPSA) is 72.7 Å². The van der Waals surface area contributed by atoms with Crippen molar-refractivity contribution in [3.8, 4) is 0 Å². The molecule has 1 aliphatic rings. The van der Waals surface area contributed by atoms with E-state index in [9.17, 15) is 14.9 Å². The summed E-state index contributed by atoms with van der Waals surface area (Å²) >= 11 is 0. The number of carbonyl (C=O) groups is 1. The molecule has 6 nitrogen and oxygen atoms in total. The second kappa shape index (κ2) is 6.98. The number of anilines is 1. The Bertz CT molecular complexity index is 574. The molecule has 23 heavy (non-hydrogen) atoms. The van der Waals surface area contributed by atoms with Crippen LogP contribution in [0.1, 0.15) is 52.9 Å². The highest BCUT2D eigenvalue weighted by molar-refractivity contribution is 5.91. The number of amides is 1. The number of nitro benzene ring substituents is 1. The van der Waals surface area contributed by atoms with Gasteiger partial charge in [-0.25, -0.2) is 4.79 Å². The Morgan fingerprint density at radius 1 is 1.22 bits per heavy atom. The molecule has 2 rings (SSSR count). The lowest BCUT2D eigenvalue weighted by molar-refractivity contribution is -0.384. The zero-order chi connectivity index (χ0) is 17.0.